The van der Waals surface area contributed by atoms with Crippen LogP contribution < -0.4 is 0 Å². The molecule has 0 saturated heterocycles. The maximum Gasteiger partial charge on any atom is 0.272 e. The molecule has 0 radical (unpaired) electrons. The fourth-order valence-corrected chi connectivity index (χ4v) is 2.86. The molecule has 0 aliphatic rings. The Morgan fingerprint density at radius 3 is 2.48 bits per heavy atom. The minimum absolute atomic E-state index is 0.206. The number of para-hydroxylation sites is 1. The van der Waals surface area contributed by atoms with Crippen molar-refractivity contribution in [3.63, 3.8) is 0 Å². The first-order valence-corrected chi connectivity index (χ1v) is 7.89. The zero-order valence-electron chi connectivity index (χ0n) is 12.0. The third-order valence-electron chi connectivity index (χ3n) is 3.50. The van der Waals surface area contributed by atoms with E-state index in [1.807, 2.05) is 12.1 Å². The van der Waals surface area contributed by atoms with Gasteiger partial charge in [0.2, 0.25) is 0 Å². The molecule has 2 aromatic carbocycles. The molecule has 0 aliphatic carbocycles. The zero-order chi connectivity index (χ0) is 15.2. The number of hydrogen-bond acceptors (Lipinski definition) is 2. The minimum atomic E-state index is -0.310. The van der Waals surface area contributed by atoms with Gasteiger partial charge in [0, 0.05) is 16.5 Å². The van der Waals surface area contributed by atoms with Crippen molar-refractivity contribution >= 4 is 21.6 Å². The van der Waals surface area contributed by atoms with Crippen molar-refractivity contribution in [1.82, 2.24) is 0 Å². The second-order valence-electron chi connectivity index (χ2n) is 5.21. The third kappa shape index (κ3) is 4.67. The van der Waals surface area contributed by atoms with Crippen LogP contribution in [0.25, 0.3) is 0 Å². The maximum atomic E-state index is 11.0. The number of rotatable bonds is 6. The van der Waals surface area contributed by atoms with Crippen LogP contribution in [0.1, 0.15) is 23.1 Å². The van der Waals surface area contributed by atoms with E-state index >= 15 is 0 Å². The van der Waals surface area contributed by atoms with Crippen LogP contribution >= 0.6 is 15.9 Å². The molecule has 1 atom stereocenters. The molecule has 2 aromatic rings. The molecule has 2 rings (SSSR count). The highest BCUT2D eigenvalue weighted by molar-refractivity contribution is 9.09. The van der Waals surface area contributed by atoms with Crippen LogP contribution in [0.15, 0.2) is 48.5 Å². The van der Waals surface area contributed by atoms with Gasteiger partial charge >= 0.3 is 0 Å². The molecule has 1 unspecified atom stereocenters. The first-order chi connectivity index (χ1) is 10.1. The van der Waals surface area contributed by atoms with Crippen LogP contribution in [-0.2, 0) is 12.8 Å². The van der Waals surface area contributed by atoms with Crippen LogP contribution in [0.2, 0.25) is 0 Å². The summed E-state index contributed by atoms with van der Waals surface area (Å²) >= 11 is 3.65. The van der Waals surface area contributed by atoms with Crippen molar-refractivity contribution < 1.29 is 4.92 Å². The lowest BCUT2D eigenvalue weighted by molar-refractivity contribution is -0.385. The average Bonchev–Trinajstić information content (AvgIpc) is 2.47. The van der Waals surface area contributed by atoms with Crippen molar-refractivity contribution in [1.29, 1.82) is 0 Å². The molecule has 0 aliphatic heterocycles. The van der Waals surface area contributed by atoms with E-state index < -0.39 is 0 Å². The molecule has 4 heteroatoms. The van der Waals surface area contributed by atoms with E-state index in [0.717, 1.165) is 18.4 Å². The lowest BCUT2D eigenvalue weighted by Gasteiger charge is -2.10. The normalized spacial score (nSPS) is 12.1. The molecule has 0 aromatic heterocycles. The SMILES string of the molecule is Cc1ccc(CCC(Br)Cc2ccccc2[N+](=O)[O-])cc1. The van der Waals surface area contributed by atoms with Gasteiger partial charge in [0.1, 0.15) is 0 Å². The Kier molecular flexibility index (Phi) is 5.51. The van der Waals surface area contributed by atoms with E-state index in [2.05, 4.69) is 47.1 Å². The van der Waals surface area contributed by atoms with Crippen LogP contribution in [0.4, 0.5) is 5.69 Å². The molecule has 3 nitrogen and oxygen atoms in total. The molecule has 0 heterocycles. The Morgan fingerprint density at radius 2 is 1.81 bits per heavy atom. The van der Waals surface area contributed by atoms with Crippen molar-refractivity contribution in [2.75, 3.05) is 0 Å². The topological polar surface area (TPSA) is 43.1 Å². The summed E-state index contributed by atoms with van der Waals surface area (Å²) in [5.41, 5.74) is 3.55. The van der Waals surface area contributed by atoms with Gasteiger partial charge in [0.15, 0.2) is 0 Å². The molecular formula is C17H18BrNO2. The van der Waals surface area contributed by atoms with Gasteiger partial charge < -0.3 is 0 Å². The highest BCUT2D eigenvalue weighted by Crippen LogP contribution is 2.23. The summed E-state index contributed by atoms with van der Waals surface area (Å²) in [5, 5.41) is 11.0. The summed E-state index contributed by atoms with van der Waals surface area (Å²) in [6.07, 6.45) is 2.59. The average molecular weight is 348 g/mol. The minimum Gasteiger partial charge on any atom is -0.258 e. The molecule has 0 bridgehead atoms. The number of nitrogens with zero attached hydrogens (tertiary/aromatic N) is 1. The van der Waals surface area contributed by atoms with Crippen molar-refractivity contribution in [2.45, 2.75) is 31.0 Å². The molecule has 0 spiro atoms. The van der Waals surface area contributed by atoms with E-state index in [-0.39, 0.29) is 15.4 Å². The summed E-state index contributed by atoms with van der Waals surface area (Å²) in [7, 11) is 0. The third-order valence-corrected chi connectivity index (χ3v) is 4.28. The van der Waals surface area contributed by atoms with E-state index in [4.69, 9.17) is 0 Å². The van der Waals surface area contributed by atoms with Gasteiger partial charge in [-0.05, 0) is 31.7 Å². The molecule has 0 amide bonds. The first-order valence-electron chi connectivity index (χ1n) is 6.98. The fraction of sp³-hybridized carbons (Fsp3) is 0.294. The number of benzene rings is 2. The Bertz CT molecular complexity index is 610. The van der Waals surface area contributed by atoms with Gasteiger partial charge in [0.05, 0.1) is 4.92 Å². The number of nitro groups is 1. The number of aryl methyl sites for hydroxylation is 2. The summed E-state index contributed by atoms with van der Waals surface area (Å²) in [5.74, 6) is 0. The van der Waals surface area contributed by atoms with Crippen LogP contribution in [0.5, 0.6) is 0 Å². The smallest absolute Gasteiger partial charge is 0.258 e. The van der Waals surface area contributed by atoms with Gasteiger partial charge in [0.25, 0.3) is 5.69 Å². The lowest BCUT2D eigenvalue weighted by Crippen LogP contribution is -2.06. The predicted octanol–water partition coefficient (Wildman–Crippen LogP) is 4.84. The van der Waals surface area contributed by atoms with Crippen molar-refractivity contribution in [2.24, 2.45) is 0 Å². The fourth-order valence-electron chi connectivity index (χ4n) is 2.28. The summed E-state index contributed by atoms with van der Waals surface area (Å²) < 4.78 is 0. The summed E-state index contributed by atoms with van der Waals surface area (Å²) in [6, 6.07) is 15.5. The Morgan fingerprint density at radius 1 is 1.14 bits per heavy atom. The molecular weight excluding hydrogens is 330 g/mol. The van der Waals surface area contributed by atoms with Crippen LogP contribution in [0.3, 0.4) is 0 Å². The lowest BCUT2D eigenvalue weighted by atomic mass is 10.0. The molecule has 0 fully saturated rings. The first kappa shape index (κ1) is 15.7. The second-order valence-corrected chi connectivity index (χ2v) is 6.51. The molecule has 0 saturated carbocycles. The van der Waals surface area contributed by atoms with Gasteiger partial charge in [-0.25, -0.2) is 0 Å². The Labute approximate surface area is 133 Å². The molecule has 110 valence electrons. The monoisotopic (exact) mass is 347 g/mol. The van der Waals surface area contributed by atoms with E-state index in [1.54, 1.807) is 12.1 Å². The van der Waals surface area contributed by atoms with Gasteiger partial charge in [-0.1, -0.05) is 64.0 Å². The predicted molar refractivity (Wildman–Crippen MR) is 89.0 cm³/mol. The van der Waals surface area contributed by atoms with Crippen LogP contribution in [0, 0.1) is 17.0 Å². The number of nitro benzene ring substituents is 1. The standard InChI is InChI=1S/C17H18BrNO2/c1-13-6-8-14(9-7-13)10-11-16(18)12-15-4-2-3-5-17(15)19(20)21/h2-9,16H,10-12H2,1H3. The highest BCUT2D eigenvalue weighted by atomic mass is 79.9. The van der Waals surface area contributed by atoms with Gasteiger partial charge in [-0.3, -0.25) is 10.1 Å². The van der Waals surface area contributed by atoms with E-state index in [9.17, 15) is 10.1 Å². The zero-order valence-corrected chi connectivity index (χ0v) is 13.5. The maximum absolute atomic E-state index is 11.0. The second kappa shape index (κ2) is 7.36. The Hall–Kier alpha value is -1.68. The highest BCUT2D eigenvalue weighted by Gasteiger charge is 2.15. The largest absolute Gasteiger partial charge is 0.272 e. The molecule has 0 N–H and O–H groups in total. The number of halogens is 1. The quantitative estimate of drug-likeness (QED) is 0.426. The van der Waals surface area contributed by atoms with Crippen molar-refractivity contribution in [3.8, 4) is 0 Å². The molecule has 21 heavy (non-hydrogen) atoms. The van der Waals surface area contributed by atoms with Gasteiger partial charge in [-0.15, -0.1) is 0 Å². The summed E-state index contributed by atoms with van der Waals surface area (Å²) in [4.78, 5) is 10.9. The van der Waals surface area contributed by atoms with E-state index in [0.29, 0.717) is 6.42 Å². The Balaban J connectivity index is 1.94. The van der Waals surface area contributed by atoms with E-state index in [1.165, 1.54) is 11.1 Å². The summed E-state index contributed by atoms with van der Waals surface area (Å²) in [6.45, 7) is 2.08. The van der Waals surface area contributed by atoms with Crippen molar-refractivity contribution in [3.05, 3.63) is 75.3 Å². The number of alkyl halides is 1. The number of hydrogen-bond donors (Lipinski definition) is 0. The van der Waals surface area contributed by atoms with Gasteiger partial charge in [-0.2, -0.15) is 0 Å². The van der Waals surface area contributed by atoms with Crippen LogP contribution in [-0.4, -0.2) is 9.75 Å².